The molecule has 2 heterocycles. The smallest absolute Gasteiger partial charge is 0.0940 e. The van der Waals surface area contributed by atoms with Crippen LogP contribution in [-0.2, 0) is 9.47 Å². The lowest BCUT2D eigenvalue weighted by Gasteiger charge is -2.21. The molecule has 0 aromatic rings. The summed E-state index contributed by atoms with van der Waals surface area (Å²) in [5.74, 6) is 0.590. The molecular formula is C8H14O2. The summed E-state index contributed by atoms with van der Waals surface area (Å²) in [4.78, 5) is 0. The van der Waals surface area contributed by atoms with Crippen LogP contribution in [0.5, 0.6) is 0 Å². The highest BCUT2D eigenvalue weighted by atomic mass is 16.6. The van der Waals surface area contributed by atoms with Crippen LogP contribution in [0.15, 0.2) is 0 Å². The molecule has 0 spiro atoms. The monoisotopic (exact) mass is 142 g/mol. The molecule has 0 aliphatic carbocycles. The minimum atomic E-state index is 0.0550. The van der Waals surface area contributed by atoms with E-state index in [1.54, 1.807) is 0 Å². The van der Waals surface area contributed by atoms with Crippen LogP contribution in [0.2, 0.25) is 0 Å². The molecule has 2 saturated heterocycles. The van der Waals surface area contributed by atoms with Gasteiger partial charge in [-0.3, -0.25) is 0 Å². The van der Waals surface area contributed by atoms with Crippen LogP contribution >= 0.6 is 0 Å². The van der Waals surface area contributed by atoms with Gasteiger partial charge in [0, 0.05) is 18.9 Å². The summed E-state index contributed by atoms with van der Waals surface area (Å²) in [6, 6.07) is 0. The number of hydrogen-bond acceptors (Lipinski definition) is 2. The van der Waals surface area contributed by atoms with E-state index in [2.05, 4.69) is 13.8 Å². The van der Waals surface area contributed by atoms with Crippen molar-refractivity contribution in [2.45, 2.75) is 32.0 Å². The average molecular weight is 142 g/mol. The van der Waals surface area contributed by atoms with Crippen molar-refractivity contribution in [2.24, 2.45) is 5.92 Å². The van der Waals surface area contributed by atoms with Crippen LogP contribution in [0.3, 0.4) is 0 Å². The van der Waals surface area contributed by atoms with E-state index in [4.69, 9.17) is 9.47 Å². The molecule has 3 atom stereocenters. The predicted molar refractivity (Wildman–Crippen MR) is 37.9 cm³/mol. The van der Waals surface area contributed by atoms with Crippen LogP contribution in [0.25, 0.3) is 0 Å². The maximum absolute atomic E-state index is 5.65. The molecule has 0 aromatic carbocycles. The van der Waals surface area contributed by atoms with Gasteiger partial charge in [0.2, 0.25) is 0 Å². The highest BCUT2D eigenvalue weighted by molar-refractivity contribution is 4.97. The SMILES string of the molecule is C[C@H]1CO[C@]2(C)CCO[C@H]12. The van der Waals surface area contributed by atoms with Crippen molar-refractivity contribution in [2.75, 3.05) is 13.2 Å². The lowest BCUT2D eigenvalue weighted by atomic mass is 9.93. The lowest BCUT2D eigenvalue weighted by molar-refractivity contribution is -0.00723. The zero-order chi connectivity index (χ0) is 7.19. The fourth-order valence-corrected chi connectivity index (χ4v) is 2.04. The Labute approximate surface area is 61.5 Å². The third-order valence-electron chi connectivity index (χ3n) is 2.69. The quantitative estimate of drug-likeness (QED) is 0.506. The van der Waals surface area contributed by atoms with Gasteiger partial charge in [0.25, 0.3) is 0 Å². The Kier molecular flexibility index (Phi) is 1.29. The van der Waals surface area contributed by atoms with Crippen LogP contribution in [0.4, 0.5) is 0 Å². The first-order valence-electron chi connectivity index (χ1n) is 3.98. The number of hydrogen-bond donors (Lipinski definition) is 0. The summed E-state index contributed by atoms with van der Waals surface area (Å²) >= 11 is 0. The summed E-state index contributed by atoms with van der Waals surface area (Å²) in [6.45, 7) is 6.11. The summed E-state index contributed by atoms with van der Waals surface area (Å²) < 4.78 is 11.2. The molecule has 0 unspecified atom stereocenters. The van der Waals surface area contributed by atoms with Crippen molar-refractivity contribution in [3.05, 3.63) is 0 Å². The van der Waals surface area contributed by atoms with Crippen molar-refractivity contribution < 1.29 is 9.47 Å². The Morgan fingerprint density at radius 2 is 2.30 bits per heavy atom. The Bertz CT molecular complexity index is 146. The first kappa shape index (κ1) is 6.62. The van der Waals surface area contributed by atoms with Crippen LogP contribution in [0, 0.1) is 5.92 Å². The van der Waals surface area contributed by atoms with Gasteiger partial charge in [-0.25, -0.2) is 0 Å². The minimum absolute atomic E-state index is 0.0550. The molecule has 2 aliphatic rings. The number of rotatable bonds is 0. The molecular weight excluding hydrogens is 128 g/mol. The fraction of sp³-hybridized carbons (Fsp3) is 1.00. The highest BCUT2D eigenvalue weighted by Crippen LogP contribution is 2.39. The molecule has 0 bridgehead atoms. The topological polar surface area (TPSA) is 18.5 Å². The molecule has 2 heteroatoms. The van der Waals surface area contributed by atoms with Crippen LogP contribution < -0.4 is 0 Å². The number of fused-ring (bicyclic) bond motifs is 1. The van der Waals surface area contributed by atoms with E-state index in [0.29, 0.717) is 12.0 Å². The van der Waals surface area contributed by atoms with E-state index in [9.17, 15) is 0 Å². The van der Waals surface area contributed by atoms with Gasteiger partial charge in [-0.05, 0) is 6.92 Å². The van der Waals surface area contributed by atoms with E-state index in [1.165, 1.54) is 0 Å². The van der Waals surface area contributed by atoms with Crippen molar-refractivity contribution in [1.82, 2.24) is 0 Å². The van der Waals surface area contributed by atoms with Crippen LogP contribution in [-0.4, -0.2) is 24.9 Å². The zero-order valence-corrected chi connectivity index (χ0v) is 6.59. The molecule has 2 nitrogen and oxygen atoms in total. The summed E-state index contributed by atoms with van der Waals surface area (Å²) in [7, 11) is 0. The largest absolute Gasteiger partial charge is 0.375 e. The van der Waals surface area contributed by atoms with Crippen molar-refractivity contribution >= 4 is 0 Å². The lowest BCUT2D eigenvalue weighted by Crippen LogP contribution is -2.32. The normalized spacial score (nSPS) is 53.4. The molecule has 58 valence electrons. The van der Waals surface area contributed by atoms with Crippen molar-refractivity contribution in [1.29, 1.82) is 0 Å². The molecule has 0 saturated carbocycles. The van der Waals surface area contributed by atoms with E-state index >= 15 is 0 Å². The van der Waals surface area contributed by atoms with E-state index in [-0.39, 0.29) is 5.60 Å². The summed E-state index contributed by atoms with van der Waals surface area (Å²) in [6.07, 6.45) is 1.44. The molecule has 2 aliphatic heterocycles. The second-order valence-electron chi connectivity index (χ2n) is 3.64. The third kappa shape index (κ3) is 0.722. The molecule has 10 heavy (non-hydrogen) atoms. The first-order valence-corrected chi connectivity index (χ1v) is 3.98. The van der Waals surface area contributed by atoms with Crippen molar-refractivity contribution in [3.8, 4) is 0 Å². The second-order valence-corrected chi connectivity index (χ2v) is 3.64. The van der Waals surface area contributed by atoms with E-state index < -0.39 is 0 Å². The zero-order valence-electron chi connectivity index (χ0n) is 6.59. The van der Waals surface area contributed by atoms with Gasteiger partial charge in [0.05, 0.1) is 18.3 Å². The Balaban J connectivity index is 2.19. The summed E-state index contributed by atoms with van der Waals surface area (Å²) in [5, 5.41) is 0. The van der Waals surface area contributed by atoms with Gasteiger partial charge in [0.1, 0.15) is 0 Å². The Morgan fingerprint density at radius 3 is 3.00 bits per heavy atom. The maximum atomic E-state index is 5.65. The van der Waals surface area contributed by atoms with Crippen LogP contribution in [0.1, 0.15) is 20.3 Å². The average Bonchev–Trinajstić information content (AvgIpc) is 2.35. The Morgan fingerprint density at radius 1 is 1.50 bits per heavy atom. The molecule has 0 amide bonds. The van der Waals surface area contributed by atoms with Gasteiger partial charge < -0.3 is 9.47 Å². The molecule has 0 N–H and O–H groups in total. The highest BCUT2D eigenvalue weighted by Gasteiger charge is 2.48. The number of ether oxygens (including phenoxy) is 2. The van der Waals surface area contributed by atoms with Gasteiger partial charge in [-0.1, -0.05) is 6.92 Å². The third-order valence-corrected chi connectivity index (χ3v) is 2.69. The fourth-order valence-electron chi connectivity index (χ4n) is 2.04. The van der Waals surface area contributed by atoms with Gasteiger partial charge in [-0.15, -0.1) is 0 Å². The van der Waals surface area contributed by atoms with Crippen molar-refractivity contribution in [3.63, 3.8) is 0 Å². The summed E-state index contributed by atoms with van der Waals surface area (Å²) in [5.41, 5.74) is 0.0550. The molecule has 0 aromatic heterocycles. The van der Waals surface area contributed by atoms with Gasteiger partial charge in [-0.2, -0.15) is 0 Å². The standard InChI is InChI=1S/C8H14O2/c1-6-5-10-8(2)3-4-9-7(6)8/h6-7H,3-5H2,1-2H3/t6-,7+,8+/m0/s1. The predicted octanol–water partition coefficient (Wildman–Crippen LogP) is 1.20. The molecule has 2 fully saturated rings. The minimum Gasteiger partial charge on any atom is -0.375 e. The van der Waals surface area contributed by atoms with Gasteiger partial charge >= 0.3 is 0 Å². The van der Waals surface area contributed by atoms with E-state index in [1.807, 2.05) is 0 Å². The first-order chi connectivity index (χ1) is 4.72. The van der Waals surface area contributed by atoms with E-state index in [0.717, 1.165) is 19.6 Å². The second kappa shape index (κ2) is 1.95. The maximum Gasteiger partial charge on any atom is 0.0940 e. The van der Waals surface area contributed by atoms with Gasteiger partial charge in [0.15, 0.2) is 0 Å². The molecule has 0 radical (unpaired) electrons. The molecule has 2 rings (SSSR count). The Hall–Kier alpha value is -0.0800.